The lowest BCUT2D eigenvalue weighted by molar-refractivity contribution is -0.00461. The number of rotatable bonds is 5. The Bertz CT molecular complexity index is 409. The van der Waals surface area contributed by atoms with E-state index in [0.29, 0.717) is 0 Å². The summed E-state index contributed by atoms with van der Waals surface area (Å²) in [5.74, 6) is 0. The summed E-state index contributed by atoms with van der Waals surface area (Å²) in [6.45, 7) is 3.51. The highest BCUT2D eigenvalue weighted by Crippen LogP contribution is 2.29. The number of ether oxygens (including phenoxy) is 2. The van der Waals surface area contributed by atoms with Crippen molar-refractivity contribution in [2.45, 2.75) is 25.6 Å². The number of methoxy groups -OCH3 is 2. The third-order valence-corrected chi connectivity index (χ3v) is 4.33. The molecule has 0 N–H and O–H groups in total. The van der Waals surface area contributed by atoms with Gasteiger partial charge in [0, 0.05) is 27.3 Å². The van der Waals surface area contributed by atoms with Gasteiger partial charge < -0.3 is 14.4 Å². The van der Waals surface area contributed by atoms with E-state index in [1.165, 1.54) is 11.3 Å². The van der Waals surface area contributed by atoms with E-state index >= 15 is 0 Å². The van der Waals surface area contributed by atoms with Crippen molar-refractivity contribution in [2.24, 2.45) is 0 Å². The smallest absolute Gasteiger partial charge is 0.186 e. The number of carbonyl (C=O) groups is 1. The van der Waals surface area contributed by atoms with E-state index in [1.54, 1.807) is 14.2 Å². The summed E-state index contributed by atoms with van der Waals surface area (Å²) in [5, 5.41) is 0.885. The first kappa shape index (κ1) is 13.5. The van der Waals surface area contributed by atoms with Crippen LogP contribution in [0.4, 0.5) is 5.13 Å². The van der Waals surface area contributed by atoms with Crippen molar-refractivity contribution in [1.29, 1.82) is 0 Å². The molecule has 1 aliphatic rings. The van der Waals surface area contributed by atoms with Gasteiger partial charge in [0.15, 0.2) is 11.4 Å². The molecule has 0 saturated carbocycles. The van der Waals surface area contributed by atoms with Gasteiger partial charge in [0.1, 0.15) is 12.2 Å². The number of aryl methyl sites for hydroxylation is 1. The summed E-state index contributed by atoms with van der Waals surface area (Å²) in [5.41, 5.74) is 0.875. The van der Waals surface area contributed by atoms with Gasteiger partial charge in [0.25, 0.3) is 0 Å². The van der Waals surface area contributed by atoms with E-state index in [2.05, 4.69) is 9.88 Å². The van der Waals surface area contributed by atoms with Crippen LogP contribution in [0.2, 0.25) is 0 Å². The van der Waals surface area contributed by atoms with Gasteiger partial charge in [0.05, 0.1) is 10.6 Å². The lowest BCUT2D eigenvalue weighted by Crippen LogP contribution is -2.27. The van der Waals surface area contributed by atoms with E-state index in [9.17, 15) is 4.79 Å². The molecular formula is C12H18N2O3S. The second-order valence-corrected chi connectivity index (χ2v) is 5.24. The Balaban J connectivity index is 2.17. The topological polar surface area (TPSA) is 51.7 Å². The number of hydrogen-bond donors (Lipinski definition) is 0. The van der Waals surface area contributed by atoms with Crippen LogP contribution in [0.1, 0.15) is 22.3 Å². The fraction of sp³-hybridized carbons (Fsp3) is 0.667. The Morgan fingerprint density at radius 1 is 1.39 bits per heavy atom. The molecule has 1 saturated heterocycles. The van der Waals surface area contributed by atoms with E-state index < -0.39 is 0 Å². The summed E-state index contributed by atoms with van der Waals surface area (Å²) in [6, 6.07) is 0. The fourth-order valence-electron chi connectivity index (χ4n) is 2.18. The van der Waals surface area contributed by atoms with Gasteiger partial charge in [-0.25, -0.2) is 4.98 Å². The largest absolute Gasteiger partial charge is 0.377 e. The van der Waals surface area contributed by atoms with Crippen LogP contribution in [-0.2, 0) is 15.9 Å². The van der Waals surface area contributed by atoms with Gasteiger partial charge >= 0.3 is 0 Å². The van der Waals surface area contributed by atoms with Crippen LogP contribution in [0, 0.1) is 0 Å². The highest BCUT2D eigenvalue weighted by Gasteiger charge is 2.34. The van der Waals surface area contributed by atoms with Gasteiger partial charge in [-0.1, -0.05) is 18.3 Å². The summed E-state index contributed by atoms with van der Waals surface area (Å²) >= 11 is 1.44. The zero-order valence-corrected chi connectivity index (χ0v) is 11.7. The molecule has 0 aromatic carbocycles. The number of carbonyl (C=O) groups excluding carboxylic acids is 1. The molecule has 2 rings (SSSR count). The van der Waals surface area contributed by atoms with Crippen molar-refractivity contribution in [3.63, 3.8) is 0 Å². The number of thiazole rings is 1. The third-order valence-electron chi connectivity index (χ3n) is 3.25. The standard InChI is InChI=1S/C12H18N2O3S/c1-4-8-11(7-15)18-12(13-8)14-5-9(16-2)10(6-14)17-3/h7,9-10H,4-6H2,1-3H3. The zero-order valence-electron chi connectivity index (χ0n) is 10.9. The van der Waals surface area contributed by atoms with Crippen LogP contribution in [0.25, 0.3) is 0 Å². The Morgan fingerprint density at radius 3 is 2.39 bits per heavy atom. The number of hydrogen-bond acceptors (Lipinski definition) is 6. The molecule has 2 unspecified atom stereocenters. The second-order valence-electron chi connectivity index (χ2n) is 4.23. The van der Waals surface area contributed by atoms with Crippen molar-refractivity contribution in [3.05, 3.63) is 10.6 Å². The lowest BCUT2D eigenvalue weighted by Gasteiger charge is -2.13. The van der Waals surface area contributed by atoms with Gasteiger partial charge in [-0.15, -0.1) is 0 Å². The van der Waals surface area contributed by atoms with Crippen molar-refractivity contribution in [1.82, 2.24) is 4.98 Å². The van der Waals surface area contributed by atoms with Crippen LogP contribution in [-0.4, -0.2) is 50.8 Å². The molecule has 100 valence electrons. The molecule has 0 amide bonds. The zero-order chi connectivity index (χ0) is 13.1. The van der Waals surface area contributed by atoms with Gasteiger partial charge in [0.2, 0.25) is 0 Å². The van der Waals surface area contributed by atoms with E-state index in [4.69, 9.17) is 9.47 Å². The molecular weight excluding hydrogens is 252 g/mol. The minimum atomic E-state index is 0.0589. The first-order valence-electron chi connectivity index (χ1n) is 5.98. The number of anilines is 1. The molecule has 0 spiro atoms. The quantitative estimate of drug-likeness (QED) is 0.756. The van der Waals surface area contributed by atoms with E-state index in [-0.39, 0.29) is 12.2 Å². The molecule has 0 bridgehead atoms. The summed E-state index contributed by atoms with van der Waals surface area (Å²) < 4.78 is 10.8. The first-order valence-corrected chi connectivity index (χ1v) is 6.80. The highest BCUT2D eigenvalue weighted by atomic mass is 32.1. The molecule has 1 aliphatic heterocycles. The van der Waals surface area contributed by atoms with Crippen molar-refractivity contribution < 1.29 is 14.3 Å². The lowest BCUT2D eigenvalue weighted by atomic mass is 10.3. The maximum Gasteiger partial charge on any atom is 0.186 e. The average molecular weight is 270 g/mol. The second kappa shape index (κ2) is 5.77. The molecule has 6 heteroatoms. The Morgan fingerprint density at radius 2 is 2.00 bits per heavy atom. The first-order chi connectivity index (χ1) is 8.73. The summed E-state index contributed by atoms with van der Waals surface area (Å²) in [7, 11) is 3.38. The van der Waals surface area contributed by atoms with Crippen LogP contribution in [0.3, 0.4) is 0 Å². The molecule has 0 aliphatic carbocycles. The number of aromatic nitrogens is 1. The minimum absolute atomic E-state index is 0.0589. The van der Waals surface area contributed by atoms with Crippen LogP contribution >= 0.6 is 11.3 Å². The fourth-order valence-corrected chi connectivity index (χ4v) is 3.17. The predicted molar refractivity (Wildman–Crippen MR) is 70.7 cm³/mol. The molecule has 5 nitrogen and oxygen atoms in total. The molecule has 1 aromatic rings. The van der Waals surface area contributed by atoms with Crippen LogP contribution < -0.4 is 4.90 Å². The maximum absolute atomic E-state index is 11.0. The average Bonchev–Trinajstić information content (AvgIpc) is 3.01. The molecule has 1 aromatic heterocycles. The minimum Gasteiger partial charge on any atom is -0.377 e. The van der Waals surface area contributed by atoms with E-state index in [1.807, 2.05) is 6.92 Å². The Hall–Kier alpha value is -0.980. The van der Waals surface area contributed by atoms with E-state index in [0.717, 1.165) is 41.5 Å². The maximum atomic E-state index is 11.0. The van der Waals surface area contributed by atoms with Crippen molar-refractivity contribution in [2.75, 3.05) is 32.2 Å². The highest BCUT2D eigenvalue weighted by molar-refractivity contribution is 7.17. The van der Waals surface area contributed by atoms with Gasteiger partial charge in [-0.05, 0) is 6.42 Å². The summed E-state index contributed by atoms with van der Waals surface area (Å²) in [4.78, 5) is 18.3. The predicted octanol–water partition coefficient (Wildman–Crippen LogP) is 1.37. The van der Waals surface area contributed by atoms with Crippen LogP contribution in [0.15, 0.2) is 0 Å². The summed E-state index contributed by atoms with van der Waals surface area (Å²) in [6.07, 6.45) is 1.78. The third kappa shape index (κ3) is 2.41. The molecule has 0 radical (unpaired) electrons. The monoisotopic (exact) mass is 270 g/mol. The molecule has 1 fully saturated rings. The molecule has 2 heterocycles. The normalized spacial score (nSPS) is 23.6. The Labute approximate surface area is 111 Å². The van der Waals surface area contributed by atoms with Crippen LogP contribution in [0.5, 0.6) is 0 Å². The van der Waals surface area contributed by atoms with Crippen molar-refractivity contribution in [3.8, 4) is 0 Å². The SMILES string of the molecule is CCc1nc(N2CC(OC)C(OC)C2)sc1C=O. The van der Waals surface area contributed by atoms with Crippen molar-refractivity contribution >= 4 is 22.8 Å². The van der Waals surface area contributed by atoms with Gasteiger partial charge in [-0.2, -0.15) is 0 Å². The Kier molecular flexibility index (Phi) is 4.31. The number of aldehydes is 1. The molecule has 18 heavy (non-hydrogen) atoms. The molecule has 2 atom stereocenters. The van der Waals surface area contributed by atoms with Gasteiger partial charge in [-0.3, -0.25) is 4.79 Å². The number of nitrogens with zero attached hydrogens (tertiary/aromatic N) is 2.